The molecular formula is C23H30N3O4+. The molecule has 2 aromatic carbocycles. The minimum absolute atomic E-state index is 0.0305. The summed E-state index contributed by atoms with van der Waals surface area (Å²) in [4.78, 5) is 27.8. The van der Waals surface area contributed by atoms with Crippen LogP contribution >= 0.6 is 0 Å². The molecule has 1 aliphatic rings. The lowest BCUT2D eigenvalue weighted by Gasteiger charge is -2.34. The summed E-state index contributed by atoms with van der Waals surface area (Å²) in [6.45, 7) is 6.28. The molecule has 7 nitrogen and oxygen atoms in total. The van der Waals surface area contributed by atoms with Crippen LogP contribution < -0.4 is 19.9 Å². The monoisotopic (exact) mass is 412 g/mol. The third-order valence-electron chi connectivity index (χ3n) is 5.15. The Labute approximate surface area is 177 Å². The highest BCUT2D eigenvalue weighted by Gasteiger charge is 2.24. The Hall–Kier alpha value is -3.06. The molecule has 3 rings (SSSR count). The number of amides is 1. The van der Waals surface area contributed by atoms with Crippen LogP contribution in [0.1, 0.15) is 23.7 Å². The number of hydrogen-bond acceptors (Lipinski definition) is 5. The zero-order valence-electron chi connectivity index (χ0n) is 17.6. The number of nitrogens with one attached hydrogen (secondary N) is 2. The van der Waals surface area contributed by atoms with E-state index in [1.54, 1.807) is 31.4 Å². The van der Waals surface area contributed by atoms with Crippen molar-refractivity contribution < 1.29 is 24.0 Å². The summed E-state index contributed by atoms with van der Waals surface area (Å²) >= 11 is 0. The second-order valence-corrected chi connectivity index (χ2v) is 7.35. The lowest BCUT2D eigenvalue weighted by Crippen LogP contribution is -3.15. The van der Waals surface area contributed by atoms with Crippen molar-refractivity contribution in [3.8, 4) is 5.75 Å². The Bertz CT molecular complexity index is 846. The molecule has 0 aromatic heterocycles. The van der Waals surface area contributed by atoms with Crippen LogP contribution in [0.4, 0.5) is 11.4 Å². The van der Waals surface area contributed by atoms with Crippen LogP contribution in [0.15, 0.2) is 48.5 Å². The van der Waals surface area contributed by atoms with Crippen molar-refractivity contribution in [3.05, 3.63) is 54.1 Å². The van der Waals surface area contributed by atoms with Gasteiger partial charge in [0, 0.05) is 5.69 Å². The van der Waals surface area contributed by atoms with Gasteiger partial charge in [-0.15, -0.1) is 0 Å². The van der Waals surface area contributed by atoms with Gasteiger partial charge in [0.2, 0.25) is 0 Å². The Morgan fingerprint density at radius 3 is 2.43 bits per heavy atom. The lowest BCUT2D eigenvalue weighted by molar-refractivity contribution is -0.892. The van der Waals surface area contributed by atoms with Crippen molar-refractivity contribution in [1.29, 1.82) is 0 Å². The maximum atomic E-state index is 12.4. The topological polar surface area (TPSA) is 72.3 Å². The first-order chi connectivity index (χ1) is 14.6. The Morgan fingerprint density at radius 1 is 1.07 bits per heavy atom. The molecular weight excluding hydrogens is 382 g/mol. The number of piperazine rings is 1. The maximum Gasteiger partial charge on any atom is 0.338 e. The molecule has 0 radical (unpaired) electrons. The minimum Gasteiger partial charge on any atom is -0.495 e. The smallest absolute Gasteiger partial charge is 0.338 e. The number of esters is 1. The average molecular weight is 413 g/mol. The SMILES string of the molecule is CCCOC(=O)c1ccc(NC(=O)C[NH+]2CCN(c3ccccc3OC)CC2)cc1. The van der Waals surface area contributed by atoms with Gasteiger partial charge in [0.1, 0.15) is 5.75 Å². The van der Waals surface area contributed by atoms with E-state index in [1.807, 2.05) is 25.1 Å². The molecule has 30 heavy (non-hydrogen) atoms. The fourth-order valence-corrected chi connectivity index (χ4v) is 3.53. The van der Waals surface area contributed by atoms with E-state index in [0.29, 0.717) is 24.4 Å². The summed E-state index contributed by atoms with van der Waals surface area (Å²) < 4.78 is 10.6. The number of carbonyl (C=O) groups excluding carboxylic acids is 2. The molecule has 2 N–H and O–H groups in total. The van der Waals surface area contributed by atoms with Crippen LogP contribution in [0.5, 0.6) is 5.75 Å². The number of ether oxygens (including phenoxy) is 2. The fourth-order valence-electron chi connectivity index (χ4n) is 3.53. The van der Waals surface area contributed by atoms with Crippen LogP contribution in [-0.2, 0) is 9.53 Å². The lowest BCUT2D eigenvalue weighted by atomic mass is 10.2. The van der Waals surface area contributed by atoms with Crippen molar-refractivity contribution in [2.45, 2.75) is 13.3 Å². The largest absolute Gasteiger partial charge is 0.495 e. The summed E-state index contributed by atoms with van der Waals surface area (Å²) in [6, 6.07) is 14.8. The van der Waals surface area contributed by atoms with Gasteiger partial charge in [-0.2, -0.15) is 0 Å². The number of methoxy groups -OCH3 is 1. The van der Waals surface area contributed by atoms with E-state index in [4.69, 9.17) is 9.47 Å². The zero-order chi connectivity index (χ0) is 21.3. The van der Waals surface area contributed by atoms with Gasteiger partial charge in [0.15, 0.2) is 6.54 Å². The van der Waals surface area contributed by atoms with Gasteiger partial charge in [0.25, 0.3) is 5.91 Å². The molecule has 2 aromatic rings. The van der Waals surface area contributed by atoms with Crippen molar-refractivity contribution in [2.75, 3.05) is 56.7 Å². The number of hydrogen-bond donors (Lipinski definition) is 2. The summed E-state index contributed by atoms with van der Waals surface area (Å²) in [6.07, 6.45) is 0.787. The van der Waals surface area contributed by atoms with Crippen LogP contribution in [-0.4, -0.2) is 58.3 Å². The van der Waals surface area contributed by atoms with Gasteiger partial charge < -0.3 is 24.6 Å². The Balaban J connectivity index is 1.46. The van der Waals surface area contributed by atoms with Crippen LogP contribution in [0.2, 0.25) is 0 Å². The molecule has 0 atom stereocenters. The van der Waals surface area contributed by atoms with Gasteiger partial charge in [0.05, 0.1) is 51.1 Å². The van der Waals surface area contributed by atoms with E-state index < -0.39 is 0 Å². The molecule has 1 amide bonds. The molecule has 1 fully saturated rings. The van der Waals surface area contributed by atoms with E-state index in [1.165, 1.54) is 4.90 Å². The molecule has 0 bridgehead atoms. The maximum absolute atomic E-state index is 12.4. The molecule has 1 heterocycles. The highest BCUT2D eigenvalue weighted by molar-refractivity contribution is 5.93. The van der Waals surface area contributed by atoms with E-state index >= 15 is 0 Å². The molecule has 0 saturated carbocycles. The van der Waals surface area contributed by atoms with E-state index in [9.17, 15) is 9.59 Å². The number of anilines is 2. The number of nitrogens with zero attached hydrogens (tertiary/aromatic N) is 1. The second-order valence-electron chi connectivity index (χ2n) is 7.35. The number of para-hydroxylation sites is 2. The quantitative estimate of drug-likeness (QED) is 0.645. The molecule has 0 aliphatic carbocycles. The van der Waals surface area contributed by atoms with Crippen LogP contribution in [0.25, 0.3) is 0 Å². The van der Waals surface area contributed by atoms with Crippen LogP contribution in [0, 0.1) is 0 Å². The van der Waals surface area contributed by atoms with Crippen molar-refractivity contribution >= 4 is 23.3 Å². The van der Waals surface area contributed by atoms with Gasteiger partial charge in [-0.25, -0.2) is 4.79 Å². The third kappa shape index (κ3) is 5.73. The predicted molar refractivity (Wildman–Crippen MR) is 116 cm³/mol. The first kappa shape index (κ1) is 21.6. The molecule has 0 unspecified atom stereocenters. The van der Waals surface area contributed by atoms with E-state index in [2.05, 4.69) is 16.3 Å². The van der Waals surface area contributed by atoms with Gasteiger partial charge in [-0.3, -0.25) is 4.79 Å². The normalized spacial score (nSPS) is 14.3. The van der Waals surface area contributed by atoms with Crippen molar-refractivity contribution in [2.24, 2.45) is 0 Å². The Kier molecular flexibility index (Phi) is 7.68. The molecule has 0 spiro atoms. The van der Waals surface area contributed by atoms with Crippen molar-refractivity contribution in [1.82, 2.24) is 0 Å². The number of carbonyl (C=O) groups is 2. The molecule has 7 heteroatoms. The molecule has 1 saturated heterocycles. The third-order valence-corrected chi connectivity index (χ3v) is 5.15. The zero-order valence-corrected chi connectivity index (χ0v) is 17.6. The van der Waals surface area contributed by atoms with Crippen molar-refractivity contribution in [3.63, 3.8) is 0 Å². The summed E-state index contributed by atoms with van der Waals surface area (Å²) in [5, 5.41) is 2.91. The van der Waals surface area contributed by atoms with E-state index in [0.717, 1.165) is 44.0 Å². The van der Waals surface area contributed by atoms with Gasteiger partial charge >= 0.3 is 5.97 Å². The average Bonchev–Trinajstić information content (AvgIpc) is 2.78. The van der Waals surface area contributed by atoms with Crippen LogP contribution in [0.3, 0.4) is 0 Å². The van der Waals surface area contributed by atoms with E-state index in [-0.39, 0.29) is 11.9 Å². The van der Waals surface area contributed by atoms with Gasteiger partial charge in [-0.05, 0) is 42.8 Å². The summed E-state index contributed by atoms with van der Waals surface area (Å²) in [5.41, 5.74) is 2.26. The fraction of sp³-hybridized carbons (Fsp3) is 0.391. The standard InChI is InChI=1S/C23H29N3O4/c1-3-16-30-23(28)18-8-10-19(11-9-18)24-22(27)17-25-12-14-26(15-13-25)20-6-4-5-7-21(20)29-2/h4-11H,3,12-17H2,1-2H3,(H,24,27)/p+1. The summed E-state index contributed by atoms with van der Waals surface area (Å²) in [5.74, 6) is 0.504. The number of rotatable bonds is 8. The van der Waals surface area contributed by atoms with Gasteiger partial charge in [-0.1, -0.05) is 19.1 Å². The molecule has 160 valence electrons. The number of quaternary nitrogens is 1. The minimum atomic E-state index is -0.341. The predicted octanol–water partition coefficient (Wildman–Crippen LogP) is 1.61. The summed E-state index contributed by atoms with van der Waals surface area (Å²) in [7, 11) is 1.69. The number of benzene rings is 2. The first-order valence-corrected chi connectivity index (χ1v) is 10.4. The first-order valence-electron chi connectivity index (χ1n) is 10.4. The molecule has 1 aliphatic heterocycles. The highest BCUT2D eigenvalue weighted by Crippen LogP contribution is 2.27. The second kappa shape index (κ2) is 10.6. The highest BCUT2D eigenvalue weighted by atomic mass is 16.5. The Morgan fingerprint density at radius 2 is 1.77 bits per heavy atom.